The van der Waals surface area contributed by atoms with Crippen molar-refractivity contribution >= 4 is 7.82 Å². The van der Waals surface area contributed by atoms with Crippen LogP contribution in [0.1, 0.15) is 16.7 Å². The predicted molar refractivity (Wildman–Crippen MR) is 104 cm³/mol. The van der Waals surface area contributed by atoms with E-state index in [1.807, 2.05) is 38.1 Å². The SMILES string of the molecule is Cc1ccc(OP(=O)(Oc2ccc(C)cc2)Oc2ccc(CO)cc2)cc1. The maximum Gasteiger partial charge on any atom is 0.647 e. The van der Waals surface area contributed by atoms with Crippen molar-refractivity contribution in [2.45, 2.75) is 20.5 Å². The molecule has 0 radical (unpaired) electrons. The highest BCUT2D eigenvalue weighted by Gasteiger charge is 2.33. The summed E-state index contributed by atoms with van der Waals surface area (Å²) >= 11 is 0. The highest BCUT2D eigenvalue weighted by molar-refractivity contribution is 7.49. The minimum absolute atomic E-state index is 0.0856. The van der Waals surface area contributed by atoms with Crippen molar-refractivity contribution in [2.24, 2.45) is 0 Å². The summed E-state index contributed by atoms with van der Waals surface area (Å²) in [7, 11) is -4.00. The summed E-state index contributed by atoms with van der Waals surface area (Å²) in [5.74, 6) is 1.07. The predicted octanol–water partition coefficient (Wildman–Crippen LogP) is 5.44. The molecule has 0 fully saturated rings. The molecule has 0 saturated heterocycles. The number of aryl methyl sites for hydroxylation is 2. The zero-order chi connectivity index (χ0) is 19.3. The van der Waals surface area contributed by atoms with E-state index in [9.17, 15) is 4.57 Å². The molecule has 5 nitrogen and oxygen atoms in total. The third-order valence-electron chi connectivity index (χ3n) is 3.80. The molecule has 6 heteroatoms. The molecule has 140 valence electrons. The lowest BCUT2D eigenvalue weighted by molar-refractivity contribution is 0.281. The molecule has 0 aliphatic heterocycles. The summed E-state index contributed by atoms with van der Waals surface area (Å²) in [5, 5.41) is 9.15. The fraction of sp³-hybridized carbons (Fsp3) is 0.143. The van der Waals surface area contributed by atoms with Crippen LogP contribution in [0.2, 0.25) is 0 Å². The Balaban J connectivity index is 1.87. The number of phosphoric acid groups is 1. The standard InChI is InChI=1S/C21H21O5P/c1-16-3-9-19(10-4-16)24-27(23,25-20-11-5-17(2)6-12-20)26-21-13-7-18(15-22)8-14-21/h3-14,22H,15H2,1-2H3. The molecule has 0 unspecified atom stereocenters. The number of rotatable bonds is 7. The van der Waals surface area contributed by atoms with Crippen LogP contribution in [0, 0.1) is 13.8 Å². The summed E-state index contributed by atoms with van der Waals surface area (Å²) in [6, 6.07) is 20.8. The molecule has 0 aliphatic carbocycles. The third kappa shape index (κ3) is 5.36. The molecule has 0 saturated carbocycles. The Morgan fingerprint density at radius 3 is 1.33 bits per heavy atom. The molecule has 0 bridgehead atoms. The quantitative estimate of drug-likeness (QED) is 0.550. The van der Waals surface area contributed by atoms with Crippen LogP contribution < -0.4 is 13.6 Å². The van der Waals surface area contributed by atoms with Crippen LogP contribution in [0.5, 0.6) is 17.2 Å². The lowest BCUT2D eigenvalue weighted by Crippen LogP contribution is -2.07. The van der Waals surface area contributed by atoms with Gasteiger partial charge in [0.15, 0.2) is 0 Å². The first kappa shape index (κ1) is 19.0. The first-order valence-corrected chi connectivity index (χ1v) is 9.94. The van der Waals surface area contributed by atoms with Gasteiger partial charge in [-0.05, 0) is 55.8 Å². The summed E-state index contributed by atoms with van der Waals surface area (Å²) in [6.07, 6.45) is 0. The van der Waals surface area contributed by atoms with E-state index in [2.05, 4.69) is 0 Å². The van der Waals surface area contributed by atoms with E-state index in [0.29, 0.717) is 17.2 Å². The first-order valence-electron chi connectivity index (χ1n) is 8.48. The molecular weight excluding hydrogens is 363 g/mol. The number of aliphatic hydroxyl groups excluding tert-OH is 1. The van der Waals surface area contributed by atoms with Gasteiger partial charge >= 0.3 is 7.82 Å². The van der Waals surface area contributed by atoms with Crippen LogP contribution >= 0.6 is 7.82 Å². The molecule has 3 rings (SSSR count). The number of hydrogen-bond acceptors (Lipinski definition) is 5. The van der Waals surface area contributed by atoms with E-state index in [1.165, 1.54) is 0 Å². The summed E-state index contributed by atoms with van der Waals surface area (Å²) in [5.41, 5.74) is 2.82. The topological polar surface area (TPSA) is 65.0 Å². The Hall–Kier alpha value is -2.75. The fourth-order valence-electron chi connectivity index (χ4n) is 2.30. The summed E-state index contributed by atoms with van der Waals surface area (Å²) < 4.78 is 30.2. The highest BCUT2D eigenvalue weighted by atomic mass is 31.2. The number of aliphatic hydroxyl groups is 1. The summed E-state index contributed by atoms with van der Waals surface area (Å²) in [6.45, 7) is 3.81. The molecule has 0 amide bonds. The fourth-order valence-corrected chi connectivity index (χ4v) is 3.55. The first-order chi connectivity index (χ1) is 13.0. The normalized spacial score (nSPS) is 11.1. The van der Waals surface area contributed by atoms with Crippen molar-refractivity contribution < 1.29 is 23.2 Å². The van der Waals surface area contributed by atoms with Gasteiger partial charge < -0.3 is 18.7 Å². The molecule has 1 N–H and O–H groups in total. The monoisotopic (exact) mass is 384 g/mol. The van der Waals surface area contributed by atoms with Gasteiger partial charge in [-0.3, -0.25) is 0 Å². The maximum absolute atomic E-state index is 13.3. The van der Waals surface area contributed by atoms with Crippen molar-refractivity contribution in [3.05, 3.63) is 89.5 Å². The van der Waals surface area contributed by atoms with Crippen LogP contribution in [0.3, 0.4) is 0 Å². The minimum Gasteiger partial charge on any atom is -0.392 e. The van der Waals surface area contributed by atoms with Gasteiger partial charge in [0.25, 0.3) is 0 Å². The number of hydrogen-bond donors (Lipinski definition) is 1. The van der Waals surface area contributed by atoms with E-state index >= 15 is 0 Å². The smallest absolute Gasteiger partial charge is 0.392 e. The molecule has 0 aliphatic rings. The van der Waals surface area contributed by atoms with E-state index in [0.717, 1.165) is 16.7 Å². The van der Waals surface area contributed by atoms with Gasteiger partial charge in [0.1, 0.15) is 17.2 Å². The number of phosphoric ester groups is 1. The van der Waals surface area contributed by atoms with E-state index in [-0.39, 0.29) is 6.61 Å². The Bertz CT molecular complexity index is 867. The Kier molecular flexibility index (Phi) is 5.84. The zero-order valence-corrected chi connectivity index (χ0v) is 16.1. The van der Waals surface area contributed by atoms with E-state index in [1.54, 1.807) is 48.5 Å². The van der Waals surface area contributed by atoms with Crippen LogP contribution in [0.25, 0.3) is 0 Å². The third-order valence-corrected chi connectivity index (χ3v) is 5.10. The molecule has 0 aromatic heterocycles. The lowest BCUT2D eigenvalue weighted by Gasteiger charge is -2.19. The van der Waals surface area contributed by atoms with Crippen molar-refractivity contribution in [3.63, 3.8) is 0 Å². The molecule has 0 atom stereocenters. The van der Waals surface area contributed by atoms with Crippen LogP contribution in [0.4, 0.5) is 0 Å². The Labute approximate surface area is 158 Å². The molecule has 3 aromatic carbocycles. The van der Waals surface area contributed by atoms with Gasteiger partial charge in [-0.25, -0.2) is 0 Å². The molecular formula is C21H21O5P. The second kappa shape index (κ2) is 8.30. The average Bonchev–Trinajstić information content (AvgIpc) is 2.66. The highest BCUT2D eigenvalue weighted by Crippen LogP contribution is 2.49. The molecule has 27 heavy (non-hydrogen) atoms. The second-order valence-electron chi connectivity index (χ2n) is 6.15. The van der Waals surface area contributed by atoms with Gasteiger partial charge in [0.2, 0.25) is 0 Å². The van der Waals surface area contributed by atoms with Crippen LogP contribution in [0.15, 0.2) is 72.8 Å². The maximum atomic E-state index is 13.3. The van der Waals surface area contributed by atoms with Gasteiger partial charge in [-0.15, -0.1) is 0 Å². The zero-order valence-electron chi connectivity index (χ0n) is 15.2. The largest absolute Gasteiger partial charge is 0.647 e. The van der Waals surface area contributed by atoms with Gasteiger partial charge in [-0.1, -0.05) is 47.5 Å². The van der Waals surface area contributed by atoms with Crippen molar-refractivity contribution in [2.75, 3.05) is 0 Å². The van der Waals surface area contributed by atoms with E-state index in [4.69, 9.17) is 18.7 Å². The van der Waals surface area contributed by atoms with Gasteiger partial charge in [0, 0.05) is 0 Å². The minimum atomic E-state index is -4.00. The molecule has 0 heterocycles. The second-order valence-corrected chi connectivity index (χ2v) is 7.59. The lowest BCUT2D eigenvalue weighted by atomic mass is 10.2. The number of benzene rings is 3. The summed E-state index contributed by atoms with van der Waals surface area (Å²) in [4.78, 5) is 0. The van der Waals surface area contributed by atoms with Crippen molar-refractivity contribution in [1.82, 2.24) is 0 Å². The van der Waals surface area contributed by atoms with Crippen LogP contribution in [-0.4, -0.2) is 5.11 Å². The van der Waals surface area contributed by atoms with E-state index < -0.39 is 7.82 Å². The van der Waals surface area contributed by atoms with Gasteiger partial charge in [0.05, 0.1) is 6.61 Å². The van der Waals surface area contributed by atoms with Crippen molar-refractivity contribution in [1.29, 1.82) is 0 Å². The average molecular weight is 384 g/mol. The Morgan fingerprint density at radius 1 is 0.667 bits per heavy atom. The van der Waals surface area contributed by atoms with Crippen LogP contribution in [-0.2, 0) is 11.2 Å². The molecule has 3 aromatic rings. The molecule has 0 spiro atoms. The van der Waals surface area contributed by atoms with Crippen molar-refractivity contribution in [3.8, 4) is 17.2 Å². The van der Waals surface area contributed by atoms with Gasteiger partial charge in [-0.2, -0.15) is 4.57 Å². The Morgan fingerprint density at radius 2 is 1.00 bits per heavy atom.